The highest BCUT2D eigenvalue weighted by Crippen LogP contribution is 2.08. The van der Waals surface area contributed by atoms with Crippen LogP contribution in [0.3, 0.4) is 0 Å². The monoisotopic (exact) mass is 374 g/mol. The summed E-state index contributed by atoms with van der Waals surface area (Å²) in [5.74, 6) is -0.365. The number of rotatable bonds is 6. The van der Waals surface area contributed by atoms with Crippen molar-refractivity contribution >= 4 is 33.4 Å². The molecule has 1 aromatic carbocycles. The van der Waals surface area contributed by atoms with Crippen molar-refractivity contribution in [1.82, 2.24) is 5.32 Å². The van der Waals surface area contributed by atoms with E-state index in [0.717, 1.165) is 5.56 Å². The summed E-state index contributed by atoms with van der Waals surface area (Å²) in [7, 11) is -4.02. The zero-order valence-corrected chi connectivity index (χ0v) is 15.2. The van der Waals surface area contributed by atoms with Gasteiger partial charge in [-0.15, -0.1) is 0 Å². The van der Waals surface area contributed by atoms with E-state index in [1.165, 1.54) is 12.1 Å². The maximum absolute atomic E-state index is 10.8. The van der Waals surface area contributed by atoms with Crippen LogP contribution in [0.25, 0.3) is 0 Å². The van der Waals surface area contributed by atoms with Crippen LogP contribution >= 0.6 is 12.2 Å². The van der Waals surface area contributed by atoms with Gasteiger partial charge in [-0.2, -0.15) is 8.42 Å². The molecule has 0 radical (unpaired) electrons. The van der Waals surface area contributed by atoms with Crippen molar-refractivity contribution in [2.45, 2.75) is 25.2 Å². The fourth-order valence-electron chi connectivity index (χ4n) is 1.28. The van der Waals surface area contributed by atoms with Crippen molar-refractivity contribution in [3.05, 3.63) is 42.0 Å². The minimum Gasteiger partial charge on any atom is -0.462 e. The first-order valence-corrected chi connectivity index (χ1v) is 8.79. The van der Waals surface area contributed by atoms with Crippen LogP contribution in [-0.4, -0.2) is 37.2 Å². The lowest BCUT2D eigenvalue weighted by molar-refractivity contribution is -0.138. The molecule has 0 saturated heterocycles. The lowest BCUT2D eigenvalue weighted by Crippen LogP contribution is -2.30. The van der Waals surface area contributed by atoms with Crippen LogP contribution < -0.4 is 11.1 Å². The molecule has 0 aromatic heterocycles. The molecule has 0 saturated carbocycles. The predicted octanol–water partition coefficient (Wildman–Crippen LogP) is 1.57. The van der Waals surface area contributed by atoms with E-state index in [2.05, 4.69) is 24.1 Å². The molecule has 0 atom stereocenters. The zero-order chi connectivity index (χ0) is 18.8. The Kier molecular flexibility index (Phi) is 9.86. The normalized spacial score (nSPS) is 10.1. The summed E-state index contributed by atoms with van der Waals surface area (Å²) in [6, 6.07) is 5.99. The maximum Gasteiger partial charge on any atom is 0.333 e. The smallest absolute Gasteiger partial charge is 0.333 e. The van der Waals surface area contributed by atoms with Gasteiger partial charge in [-0.05, 0) is 44.6 Å². The number of hydrogen-bond acceptors (Lipinski definition) is 5. The molecule has 0 aliphatic rings. The topological polar surface area (TPSA) is 119 Å². The van der Waals surface area contributed by atoms with E-state index >= 15 is 0 Å². The first-order chi connectivity index (χ1) is 11.0. The number of carbonyl (C=O) groups is 1. The number of benzene rings is 1. The first-order valence-electron chi connectivity index (χ1n) is 6.94. The van der Waals surface area contributed by atoms with Gasteiger partial charge < -0.3 is 15.8 Å². The Labute approximate surface area is 147 Å². The van der Waals surface area contributed by atoms with Gasteiger partial charge >= 0.3 is 5.97 Å². The van der Waals surface area contributed by atoms with E-state index in [9.17, 15) is 13.2 Å². The number of aryl methyl sites for hydroxylation is 1. The van der Waals surface area contributed by atoms with Gasteiger partial charge in [-0.1, -0.05) is 24.3 Å². The predicted molar refractivity (Wildman–Crippen MR) is 96.2 cm³/mol. The van der Waals surface area contributed by atoms with Crippen molar-refractivity contribution in [2.24, 2.45) is 5.73 Å². The molecule has 0 spiro atoms. The summed E-state index contributed by atoms with van der Waals surface area (Å²) >= 11 is 4.58. The van der Waals surface area contributed by atoms with Gasteiger partial charge in [0.25, 0.3) is 10.1 Å². The Morgan fingerprint density at radius 2 is 1.92 bits per heavy atom. The summed E-state index contributed by atoms with van der Waals surface area (Å²) in [6.45, 7) is 7.86. The Hall–Kier alpha value is -1.97. The van der Waals surface area contributed by atoms with Gasteiger partial charge in [0.05, 0.1) is 11.5 Å². The van der Waals surface area contributed by atoms with Crippen LogP contribution in [0.5, 0.6) is 0 Å². The maximum atomic E-state index is 10.8. The van der Waals surface area contributed by atoms with E-state index in [1.807, 2.05) is 6.92 Å². The second-order valence-corrected chi connectivity index (χ2v) is 6.71. The zero-order valence-electron chi connectivity index (χ0n) is 13.6. The quantitative estimate of drug-likeness (QED) is 0.226. The lowest BCUT2D eigenvalue weighted by Gasteiger charge is -2.04. The van der Waals surface area contributed by atoms with Gasteiger partial charge in [0.1, 0.15) is 0 Å². The number of hydrogen-bond donors (Lipinski definition) is 3. The van der Waals surface area contributed by atoms with Crippen molar-refractivity contribution < 1.29 is 22.5 Å². The third-order valence-corrected chi connectivity index (χ3v) is 3.53. The summed E-state index contributed by atoms with van der Waals surface area (Å²) < 4.78 is 34.4. The van der Waals surface area contributed by atoms with Gasteiger partial charge in [0, 0.05) is 12.1 Å². The van der Waals surface area contributed by atoms with Crippen LogP contribution in [-0.2, 0) is 19.6 Å². The van der Waals surface area contributed by atoms with E-state index in [4.69, 9.17) is 15.0 Å². The second kappa shape index (κ2) is 10.7. The minimum atomic E-state index is -4.02. The molecule has 1 aromatic rings. The molecular formula is C15H22N2O5S2. The summed E-state index contributed by atoms with van der Waals surface area (Å²) in [4.78, 5) is 10.8. The third kappa shape index (κ3) is 10.7. The molecule has 0 heterocycles. The van der Waals surface area contributed by atoms with Crippen LogP contribution in [0.15, 0.2) is 41.3 Å². The second-order valence-electron chi connectivity index (χ2n) is 4.85. The first kappa shape index (κ1) is 22.0. The highest BCUT2D eigenvalue weighted by atomic mass is 32.2. The highest BCUT2D eigenvalue weighted by molar-refractivity contribution is 7.85. The van der Waals surface area contributed by atoms with Crippen LogP contribution in [0.1, 0.15) is 18.9 Å². The Balaban J connectivity index is 0.000000446. The van der Waals surface area contributed by atoms with E-state index in [0.29, 0.717) is 25.1 Å². The Morgan fingerprint density at radius 3 is 2.33 bits per heavy atom. The Morgan fingerprint density at radius 1 is 1.38 bits per heavy atom. The molecular weight excluding hydrogens is 352 g/mol. The number of nitrogens with one attached hydrogen (secondary N) is 1. The number of thiocarbonyl (C=S) groups is 1. The van der Waals surface area contributed by atoms with E-state index < -0.39 is 10.1 Å². The minimum absolute atomic E-state index is 0.0666. The van der Waals surface area contributed by atoms with Crippen LogP contribution in [0, 0.1) is 6.92 Å². The summed E-state index contributed by atoms with van der Waals surface area (Å²) in [6.07, 6.45) is 0.677. The van der Waals surface area contributed by atoms with E-state index in [1.54, 1.807) is 19.1 Å². The molecule has 0 unspecified atom stereocenters. The molecule has 4 N–H and O–H groups in total. The number of carbonyl (C=O) groups excluding carboxylic acids is 1. The summed E-state index contributed by atoms with van der Waals surface area (Å²) in [5, 5.41) is 3.00. The molecule has 9 heteroatoms. The molecule has 0 aliphatic heterocycles. The van der Waals surface area contributed by atoms with Crippen LogP contribution in [0.4, 0.5) is 0 Å². The van der Waals surface area contributed by atoms with Crippen molar-refractivity contribution in [1.29, 1.82) is 0 Å². The molecule has 24 heavy (non-hydrogen) atoms. The largest absolute Gasteiger partial charge is 0.462 e. The average Bonchev–Trinajstić information content (AvgIpc) is 2.46. The van der Waals surface area contributed by atoms with Crippen LogP contribution in [0.2, 0.25) is 0 Å². The molecule has 1 rings (SSSR count). The van der Waals surface area contributed by atoms with Crippen molar-refractivity contribution in [2.75, 3.05) is 13.2 Å². The number of nitrogens with two attached hydrogens (primary N) is 1. The summed E-state index contributed by atoms with van der Waals surface area (Å²) in [5.41, 5.74) is 6.54. The highest BCUT2D eigenvalue weighted by Gasteiger charge is 2.06. The number of ether oxygens (including phenoxy) is 1. The SMILES string of the molecule is C=C(C)C(=O)OCCCNC(N)=S.Cc1ccc(S(=O)(=O)O)cc1. The van der Waals surface area contributed by atoms with Crippen molar-refractivity contribution in [3.8, 4) is 0 Å². The standard InChI is InChI=1S/C8H14N2O2S.C7H8O3S/c1-6(2)7(11)12-5-3-4-10-8(9)13;1-6-2-4-7(5-3-6)11(8,9)10/h1,3-5H2,2H3,(H3,9,10,13);2-5H,1H3,(H,8,9,10). The third-order valence-electron chi connectivity index (χ3n) is 2.52. The molecule has 0 aliphatic carbocycles. The molecule has 134 valence electrons. The molecule has 0 amide bonds. The number of esters is 1. The van der Waals surface area contributed by atoms with Gasteiger partial charge in [-0.3, -0.25) is 4.55 Å². The van der Waals surface area contributed by atoms with Crippen molar-refractivity contribution in [3.63, 3.8) is 0 Å². The van der Waals surface area contributed by atoms with Gasteiger partial charge in [0.2, 0.25) is 0 Å². The van der Waals surface area contributed by atoms with E-state index in [-0.39, 0.29) is 16.0 Å². The fourth-order valence-corrected chi connectivity index (χ4v) is 1.86. The molecule has 7 nitrogen and oxygen atoms in total. The average molecular weight is 374 g/mol. The molecule has 0 bridgehead atoms. The van der Waals surface area contributed by atoms with Gasteiger partial charge in [-0.25, -0.2) is 4.79 Å². The lowest BCUT2D eigenvalue weighted by atomic mass is 10.2. The van der Waals surface area contributed by atoms with Gasteiger partial charge in [0.15, 0.2) is 5.11 Å². The fraction of sp³-hybridized carbons (Fsp3) is 0.333. The Bertz CT molecular complexity index is 670. The molecule has 0 fully saturated rings.